The zero-order chi connectivity index (χ0) is 17.3. The fourth-order valence-corrected chi connectivity index (χ4v) is 5.31. The third kappa shape index (κ3) is 1.76. The first kappa shape index (κ1) is 14.4. The molecule has 1 heterocycles. The first-order chi connectivity index (χ1) is 12.8. The van der Waals surface area contributed by atoms with Crippen molar-refractivity contribution in [1.29, 1.82) is 0 Å². The summed E-state index contributed by atoms with van der Waals surface area (Å²) < 4.78 is 2.34. The third-order valence-corrected chi connectivity index (χ3v) is 6.44. The number of hydrogen-bond acceptors (Lipinski definition) is 0. The molecule has 1 aromatic heterocycles. The molecule has 0 spiro atoms. The van der Waals surface area contributed by atoms with Crippen LogP contribution < -0.4 is 0 Å². The van der Waals surface area contributed by atoms with Crippen LogP contribution in [0.1, 0.15) is 46.7 Å². The van der Waals surface area contributed by atoms with Crippen molar-refractivity contribution in [3.8, 4) is 11.1 Å². The molecule has 3 aromatic rings. The lowest BCUT2D eigenvalue weighted by Gasteiger charge is -2.21. The summed E-state index contributed by atoms with van der Waals surface area (Å²) in [5.41, 5.74) is 13.4. The van der Waals surface area contributed by atoms with Gasteiger partial charge in [-0.05, 0) is 69.9 Å². The van der Waals surface area contributed by atoms with Gasteiger partial charge in [0.25, 0.3) is 0 Å². The molecule has 0 saturated carbocycles. The molecule has 1 unspecified atom stereocenters. The summed E-state index contributed by atoms with van der Waals surface area (Å²) in [7, 11) is 2.20. The Morgan fingerprint density at radius 1 is 0.923 bits per heavy atom. The van der Waals surface area contributed by atoms with Crippen LogP contribution in [0.5, 0.6) is 0 Å². The summed E-state index contributed by atoms with van der Waals surface area (Å²) >= 11 is 0. The maximum absolute atomic E-state index is 2.39. The number of rotatable bonds is 1. The number of fused-ring (bicyclic) bond motifs is 5. The molecule has 3 aliphatic carbocycles. The highest BCUT2D eigenvalue weighted by Gasteiger charge is 2.36. The largest absolute Gasteiger partial charge is 0.353 e. The number of nitrogens with zero attached hydrogens (tertiary/aromatic N) is 1. The molecule has 0 N–H and O–H groups in total. The Balaban J connectivity index is 1.60. The van der Waals surface area contributed by atoms with E-state index in [9.17, 15) is 0 Å². The second-order valence-electron chi connectivity index (χ2n) is 7.74. The fourth-order valence-electron chi connectivity index (χ4n) is 5.31. The normalized spacial score (nSPS) is 19.3. The van der Waals surface area contributed by atoms with Gasteiger partial charge in [-0.25, -0.2) is 0 Å². The van der Waals surface area contributed by atoms with E-state index in [-0.39, 0.29) is 0 Å². The number of benzene rings is 2. The minimum atomic E-state index is 0.376. The van der Waals surface area contributed by atoms with Gasteiger partial charge in [0.1, 0.15) is 0 Å². The van der Waals surface area contributed by atoms with Gasteiger partial charge in [-0.2, -0.15) is 0 Å². The van der Waals surface area contributed by atoms with E-state index in [0.29, 0.717) is 5.92 Å². The van der Waals surface area contributed by atoms with Gasteiger partial charge in [0.15, 0.2) is 0 Å². The van der Waals surface area contributed by atoms with Crippen molar-refractivity contribution in [1.82, 2.24) is 4.57 Å². The molecule has 0 saturated heterocycles. The van der Waals surface area contributed by atoms with E-state index in [1.807, 2.05) is 0 Å². The molecule has 1 atom stereocenters. The Hall–Kier alpha value is -2.80. The molecule has 0 bridgehead atoms. The van der Waals surface area contributed by atoms with E-state index in [1.54, 1.807) is 5.57 Å². The van der Waals surface area contributed by atoms with Crippen LogP contribution in [0, 0.1) is 0 Å². The Kier molecular flexibility index (Phi) is 2.82. The van der Waals surface area contributed by atoms with Gasteiger partial charge in [0.2, 0.25) is 0 Å². The fraction of sp³-hybridized carbons (Fsp3) is 0.200. The molecule has 6 rings (SSSR count). The predicted molar refractivity (Wildman–Crippen MR) is 107 cm³/mol. The predicted octanol–water partition coefficient (Wildman–Crippen LogP) is 5.85. The van der Waals surface area contributed by atoms with Crippen LogP contribution in [-0.2, 0) is 13.5 Å². The molecule has 1 nitrogen and oxygen atoms in total. The van der Waals surface area contributed by atoms with Crippen molar-refractivity contribution in [3.05, 3.63) is 100 Å². The third-order valence-electron chi connectivity index (χ3n) is 6.44. The Bertz CT molecular complexity index is 1120. The van der Waals surface area contributed by atoms with Crippen LogP contribution >= 0.6 is 0 Å². The van der Waals surface area contributed by atoms with Gasteiger partial charge in [0.05, 0.1) is 5.92 Å². The maximum Gasteiger partial charge on any atom is 0.0504 e. The lowest BCUT2D eigenvalue weighted by Crippen LogP contribution is -2.08. The highest BCUT2D eigenvalue weighted by Crippen LogP contribution is 2.52. The summed E-state index contributed by atoms with van der Waals surface area (Å²) in [6.07, 6.45) is 10.4. The van der Waals surface area contributed by atoms with Crippen LogP contribution in [-0.4, -0.2) is 4.57 Å². The Labute approximate surface area is 154 Å². The van der Waals surface area contributed by atoms with Gasteiger partial charge in [-0.3, -0.25) is 0 Å². The van der Waals surface area contributed by atoms with Gasteiger partial charge >= 0.3 is 0 Å². The van der Waals surface area contributed by atoms with E-state index in [0.717, 1.165) is 12.8 Å². The molecule has 0 fully saturated rings. The van der Waals surface area contributed by atoms with E-state index in [1.165, 1.54) is 51.1 Å². The van der Waals surface area contributed by atoms with E-state index >= 15 is 0 Å². The number of aryl methyl sites for hydroxylation is 1. The van der Waals surface area contributed by atoms with Crippen LogP contribution in [0.15, 0.2) is 72.5 Å². The van der Waals surface area contributed by atoms with Crippen LogP contribution in [0.2, 0.25) is 0 Å². The summed E-state index contributed by atoms with van der Waals surface area (Å²) in [6, 6.07) is 18.1. The number of aromatic nitrogens is 1. The first-order valence-corrected chi connectivity index (χ1v) is 9.58. The zero-order valence-electron chi connectivity index (χ0n) is 15.0. The molecule has 2 aromatic carbocycles. The number of hydrogen-bond donors (Lipinski definition) is 0. The highest BCUT2D eigenvalue weighted by molar-refractivity contribution is 5.85. The molecule has 1 heteroatoms. The quantitative estimate of drug-likeness (QED) is 0.411. The summed E-state index contributed by atoms with van der Waals surface area (Å²) in [5, 5.41) is 0. The molecule has 0 amide bonds. The van der Waals surface area contributed by atoms with E-state index in [2.05, 4.69) is 78.5 Å². The SMILES string of the molecule is Cn1ccc2c1C(c1cccc3c1Cc1ccccc1-3)C1=C2CCC=C1. The standard InChI is InChI=1S/C25H21N/c1-26-14-13-22-19-9-4-5-10-20(19)24(25(22)26)21-12-6-11-18-17-8-3-2-7-16(17)15-23(18)21/h2-3,5-8,10-14,24H,4,9,15H2,1H3. The second-order valence-corrected chi connectivity index (χ2v) is 7.74. The van der Waals surface area contributed by atoms with Crippen molar-refractivity contribution < 1.29 is 0 Å². The van der Waals surface area contributed by atoms with Crippen LogP contribution in [0.25, 0.3) is 16.7 Å². The van der Waals surface area contributed by atoms with Crippen LogP contribution in [0.4, 0.5) is 0 Å². The van der Waals surface area contributed by atoms with Crippen molar-refractivity contribution in [2.24, 2.45) is 7.05 Å². The monoisotopic (exact) mass is 335 g/mol. The van der Waals surface area contributed by atoms with Gasteiger partial charge in [-0.15, -0.1) is 0 Å². The second kappa shape index (κ2) is 5.11. The van der Waals surface area contributed by atoms with Crippen molar-refractivity contribution >= 4 is 5.57 Å². The molecule has 126 valence electrons. The minimum absolute atomic E-state index is 0.376. The van der Waals surface area contributed by atoms with Gasteiger partial charge in [-0.1, -0.05) is 54.6 Å². The van der Waals surface area contributed by atoms with E-state index in [4.69, 9.17) is 0 Å². The molecular weight excluding hydrogens is 314 g/mol. The smallest absolute Gasteiger partial charge is 0.0504 e. The average molecular weight is 335 g/mol. The first-order valence-electron chi connectivity index (χ1n) is 9.58. The van der Waals surface area contributed by atoms with Crippen molar-refractivity contribution in [3.63, 3.8) is 0 Å². The highest BCUT2D eigenvalue weighted by atomic mass is 14.9. The summed E-state index contributed by atoms with van der Waals surface area (Å²) in [4.78, 5) is 0. The average Bonchev–Trinajstić information content (AvgIpc) is 3.33. The minimum Gasteiger partial charge on any atom is -0.353 e. The summed E-state index contributed by atoms with van der Waals surface area (Å²) in [5.74, 6) is 0.376. The molecule has 0 aliphatic heterocycles. The van der Waals surface area contributed by atoms with Crippen molar-refractivity contribution in [2.45, 2.75) is 25.2 Å². The Morgan fingerprint density at radius 2 is 1.81 bits per heavy atom. The molecule has 0 radical (unpaired) electrons. The molecule has 3 aliphatic rings. The number of allylic oxidation sites excluding steroid dienone is 4. The topological polar surface area (TPSA) is 4.93 Å². The maximum atomic E-state index is 2.39. The van der Waals surface area contributed by atoms with Crippen molar-refractivity contribution in [2.75, 3.05) is 0 Å². The van der Waals surface area contributed by atoms with Crippen LogP contribution in [0.3, 0.4) is 0 Å². The molecule has 26 heavy (non-hydrogen) atoms. The Morgan fingerprint density at radius 3 is 2.77 bits per heavy atom. The van der Waals surface area contributed by atoms with E-state index < -0.39 is 0 Å². The zero-order valence-corrected chi connectivity index (χ0v) is 15.0. The summed E-state index contributed by atoms with van der Waals surface area (Å²) in [6.45, 7) is 0. The lowest BCUT2D eigenvalue weighted by atomic mass is 9.84. The van der Waals surface area contributed by atoms with Gasteiger partial charge < -0.3 is 4.57 Å². The molecular formula is C25H21N. The van der Waals surface area contributed by atoms with Gasteiger partial charge in [0, 0.05) is 18.9 Å². The lowest BCUT2D eigenvalue weighted by molar-refractivity contribution is 0.798.